The summed E-state index contributed by atoms with van der Waals surface area (Å²) in [6.07, 6.45) is 0. The molecule has 0 atom stereocenters. The Labute approximate surface area is 334 Å². The second-order valence-electron chi connectivity index (χ2n) is 14.2. The normalized spacial score (nSPS) is 11.9. The first-order chi connectivity index (χ1) is 28.2. The van der Waals surface area contributed by atoms with Gasteiger partial charge >= 0.3 is 0 Å². The van der Waals surface area contributed by atoms with Crippen LogP contribution in [0.1, 0.15) is 0 Å². The van der Waals surface area contributed by atoms with E-state index in [9.17, 15) is 0 Å². The first-order valence-corrected chi connectivity index (χ1v) is 20.4. The third-order valence-electron chi connectivity index (χ3n) is 10.7. The molecule has 0 aliphatic rings. The highest BCUT2D eigenvalue weighted by Gasteiger charge is 2.22. The van der Waals surface area contributed by atoms with Crippen molar-refractivity contribution in [1.82, 2.24) is 19.9 Å². The van der Waals surface area contributed by atoms with Crippen LogP contribution >= 0.6 is 22.7 Å². The fourth-order valence-corrected chi connectivity index (χ4v) is 10.4. The van der Waals surface area contributed by atoms with E-state index in [2.05, 4.69) is 140 Å². The van der Waals surface area contributed by atoms with Crippen molar-refractivity contribution in [1.29, 1.82) is 0 Å². The molecule has 12 rings (SSSR count). The number of thiophene rings is 1. The number of para-hydroxylation sites is 1. The molecule has 0 spiro atoms. The van der Waals surface area contributed by atoms with E-state index in [-0.39, 0.29) is 0 Å². The van der Waals surface area contributed by atoms with Crippen molar-refractivity contribution in [2.45, 2.75) is 0 Å². The van der Waals surface area contributed by atoms with Crippen molar-refractivity contribution in [3.63, 3.8) is 0 Å². The SMILES string of the molecule is c1ccc(-c2nc(-c3cc(-c4ccccc4)c4ccccc4c3)nc(-c3cc4nc(-c5ccc6c(c5)oc5ccccc56)sc4c4c3sc3ccccc34)n2)cc1. The number of nitrogens with zero attached hydrogens (tertiary/aromatic N) is 4. The molecule has 8 aromatic carbocycles. The lowest BCUT2D eigenvalue weighted by Crippen LogP contribution is -2.00. The van der Waals surface area contributed by atoms with Gasteiger partial charge in [0.25, 0.3) is 0 Å². The molecule has 4 aromatic heterocycles. The van der Waals surface area contributed by atoms with E-state index in [0.717, 1.165) is 80.6 Å². The Kier molecular flexibility index (Phi) is 7.20. The van der Waals surface area contributed by atoms with Crippen LogP contribution in [0, 0.1) is 0 Å². The Hall–Kier alpha value is -7.06. The van der Waals surface area contributed by atoms with Crippen LogP contribution in [0.4, 0.5) is 0 Å². The van der Waals surface area contributed by atoms with Gasteiger partial charge in [0.05, 0.1) is 10.2 Å². The lowest BCUT2D eigenvalue weighted by molar-refractivity contribution is 0.669. The molecule has 0 aliphatic carbocycles. The standard InChI is InChI=1S/C50H28N4OS2/c1-3-13-29(14-4-1)38-26-33(25-31-17-7-8-18-34(31)38)48-52-47(30-15-5-2-6-16-30)53-49(54-48)39-28-40-46(44-37-20-10-12-22-43(37)56-45(39)44)57-50(51-40)32-23-24-36-35-19-9-11-21-41(35)55-42(36)27-32/h1-28H. The molecule has 0 amide bonds. The molecule has 7 heteroatoms. The third-order valence-corrected chi connectivity index (χ3v) is 13.1. The molecule has 266 valence electrons. The molecule has 0 saturated carbocycles. The summed E-state index contributed by atoms with van der Waals surface area (Å²) in [5.74, 6) is 1.86. The minimum absolute atomic E-state index is 0.616. The Morgan fingerprint density at radius 1 is 0.386 bits per heavy atom. The second kappa shape index (κ2) is 12.7. The van der Waals surface area contributed by atoms with Crippen molar-refractivity contribution < 1.29 is 4.42 Å². The Morgan fingerprint density at radius 3 is 1.89 bits per heavy atom. The van der Waals surface area contributed by atoms with Gasteiger partial charge < -0.3 is 4.42 Å². The molecule has 0 aliphatic heterocycles. The van der Waals surface area contributed by atoms with Gasteiger partial charge in [-0.2, -0.15) is 0 Å². The number of thiazole rings is 1. The summed E-state index contributed by atoms with van der Waals surface area (Å²) in [5.41, 5.74) is 8.75. The van der Waals surface area contributed by atoms with Crippen molar-refractivity contribution in [2.75, 3.05) is 0 Å². The van der Waals surface area contributed by atoms with Crippen LogP contribution in [0.15, 0.2) is 174 Å². The monoisotopic (exact) mass is 764 g/mol. The molecule has 4 heterocycles. The van der Waals surface area contributed by atoms with Gasteiger partial charge in [0.1, 0.15) is 16.2 Å². The van der Waals surface area contributed by atoms with Gasteiger partial charge in [-0.05, 0) is 64.4 Å². The maximum atomic E-state index is 6.29. The number of aromatic nitrogens is 4. The third kappa shape index (κ3) is 5.28. The van der Waals surface area contributed by atoms with Crippen LogP contribution in [-0.4, -0.2) is 19.9 Å². The highest BCUT2D eigenvalue weighted by Crippen LogP contribution is 2.47. The summed E-state index contributed by atoms with van der Waals surface area (Å²) >= 11 is 3.50. The zero-order valence-corrected chi connectivity index (χ0v) is 31.8. The molecule has 0 saturated heterocycles. The number of benzene rings is 8. The molecular weight excluding hydrogens is 737 g/mol. The predicted octanol–water partition coefficient (Wildman–Crippen LogP) is 14.2. The quantitative estimate of drug-likeness (QED) is 0.175. The van der Waals surface area contributed by atoms with Crippen LogP contribution in [0.2, 0.25) is 0 Å². The van der Waals surface area contributed by atoms with Crippen LogP contribution in [0.3, 0.4) is 0 Å². The summed E-state index contributed by atoms with van der Waals surface area (Å²) in [6.45, 7) is 0. The van der Waals surface area contributed by atoms with Gasteiger partial charge in [-0.1, -0.05) is 127 Å². The number of fused-ring (bicyclic) bond motifs is 9. The number of furan rings is 1. The van der Waals surface area contributed by atoms with Crippen LogP contribution in [-0.2, 0) is 0 Å². The maximum Gasteiger partial charge on any atom is 0.165 e. The van der Waals surface area contributed by atoms with E-state index in [1.165, 1.54) is 20.9 Å². The Morgan fingerprint density at radius 2 is 1.05 bits per heavy atom. The topological polar surface area (TPSA) is 64.7 Å². The van der Waals surface area contributed by atoms with E-state index >= 15 is 0 Å². The van der Waals surface area contributed by atoms with E-state index in [1.807, 2.05) is 30.3 Å². The molecule has 5 nitrogen and oxygen atoms in total. The second-order valence-corrected chi connectivity index (χ2v) is 16.2. The van der Waals surface area contributed by atoms with Gasteiger partial charge in [0.15, 0.2) is 17.5 Å². The van der Waals surface area contributed by atoms with Crippen LogP contribution in [0.5, 0.6) is 0 Å². The molecule has 0 unspecified atom stereocenters. The van der Waals surface area contributed by atoms with E-state index in [0.29, 0.717) is 17.5 Å². The molecule has 57 heavy (non-hydrogen) atoms. The highest BCUT2D eigenvalue weighted by atomic mass is 32.1. The van der Waals surface area contributed by atoms with Gasteiger partial charge in [-0.25, -0.2) is 19.9 Å². The predicted molar refractivity (Wildman–Crippen MR) is 238 cm³/mol. The van der Waals surface area contributed by atoms with Crippen LogP contribution in [0.25, 0.3) is 119 Å². The molecule has 0 N–H and O–H groups in total. The largest absolute Gasteiger partial charge is 0.456 e. The summed E-state index contributed by atoms with van der Waals surface area (Å²) in [4.78, 5) is 21.1. The average molecular weight is 765 g/mol. The molecule has 0 bridgehead atoms. The molecule has 0 radical (unpaired) electrons. The minimum atomic E-state index is 0.616. The zero-order chi connectivity index (χ0) is 37.5. The fourth-order valence-electron chi connectivity index (χ4n) is 8.06. The van der Waals surface area contributed by atoms with Gasteiger partial charge in [-0.3, -0.25) is 0 Å². The van der Waals surface area contributed by atoms with E-state index in [4.69, 9.17) is 24.4 Å². The summed E-state index contributed by atoms with van der Waals surface area (Å²) in [7, 11) is 0. The first-order valence-electron chi connectivity index (χ1n) is 18.8. The smallest absolute Gasteiger partial charge is 0.165 e. The van der Waals surface area contributed by atoms with Crippen molar-refractivity contribution in [3.8, 4) is 55.9 Å². The van der Waals surface area contributed by atoms with Gasteiger partial charge in [-0.15, -0.1) is 22.7 Å². The van der Waals surface area contributed by atoms with Crippen molar-refractivity contribution >= 4 is 85.8 Å². The lowest BCUT2D eigenvalue weighted by Gasteiger charge is -2.13. The highest BCUT2D eigenvalue weighted by molar-refractivity contribution is 7.28. The Bertz CT molecular complexity index is 3530. The van der Waals surface area contributed by atoms with E-state index < -0.39 is 0 Å². The lowest BCUT2D eigenvalue weighted by atomic mass is 9.95. The minimum Gasteiger partial charge on any atom is -0.456 e. The summed E-state index contributed by atoms with van der Waals surface area (Å²) in [6, 6.07) is 59.1. The molecular formula is C50H28N4OS2. The van der Waals surface area contributed by atoms with Crippen molar-refractivity contribution in [2.24, 2.45) is 0 Å². The number of hydrogen-bond donors (Lipinski definition) is 0. The van der Waals surface area contributed by atoms with Gasteiger partial charge in [0, 0.05) is 53.2 Å². The molecule has 0 fully saturated rings. The van der Waals surface area contributed by atoms with E-state index in [1.54, 1.807) is 22.7 Å². The van der Waals surface area contributed by atoms with Crippen LogP contribution < -0.4 is 0 Å². The van der Waals surface area contributed by atoms with Gasteiger partial charge in [0.2, 0.25) is 0 Å². The first kappa shape index (κ1) is 32.2. The maximum absolute atomic E-state index is 6.29. The fraction of sp³-hybridized carbons (Fsp3) is 0. The molecule has 12 aromatic rings. The summed E-state index contributed by atoms with van der Waals surface area (Å²) in [5, 5.41) is 7.84. The Balaban J connectivity index is 1.10. The number of hydrogen-bond acceptors (Lipinski definition) is 7. The number of rotatable bonds is 5. The summed E-state index contributed by atoms with van der Waals surface area (Å²) < 4.78 is 9.77. The average Bonchev–Trinajstić information content (AvgIpc) is 3.99. The zero-order valence-electron chi connectivity index (χ0n) is 30.2. The van der Waals surface area contributed by atoms with Crippen molar-refractivity contribution in [3.05, 3.63) is 170 Å².